The van der Waals surface area contributed by atoms with Gasteiger partial charge in [-0.15, -0.1) is 0 Å². The molecule has 4 nitrogen and oxygen atoms in total. The van der Waals surface area contributed by atoms with Crippen molar-refractivity contribution in [3.63, 3.8) is 0 Å². The van der Waals surface area contributed by atoms with Gasteiger partial charge < -0.3 is 10.1 Å². The lowest BCUT2D eigenvalue weighted by Gasteiger charge is -2.13. The van der Waals surface area contributed by atoms with Crippen LogP contribution in [0.1, 0.15) is 25.3 Å². The van der Waals surface area contributed by atoms with E-state index in [9.17, 15) is 0 Å². The second-order valence-electron chi connectivity index (χ2n) is 4.46. The lowest BCUT2D eigenvalue weighted by Crippen LogP contribution is -2.08. The average molecular weight is 259 g/mol. The van der Waals surface area contributed by atoms with Crippen LogP contribution in [0.4, 0.5) is 5.95 Å². The number of hydrogen-bond acceptors (Lipinski definition) is 3. The van der Waals surface area contributed by atoms with Crippen molar-refractivity contribution in [3.05, 3.63) is 42.2 Å². The summed E-state index contributed by atoms with van der Waals surface area (Å²) in [5.74, 6) is 0.886. The first kappa shape index (κ1) is 13.6. The summed E-state index contributed by atoms with van der Waals surface area (Å²) in [6, 6.07) is 8.22. The molecule has 2 rings (SSSR count). The molecule has 0 saturated carbocycles. The number of imidazole rings is 1. The van der Waals surface area contributed by atoms with Gasteiger partial charge >= 0.3 is 0 Å². The predicted molar refractivity (Wildman–Crippen MR) is 77.7 cm³/mol. The molecule has 0 amide bonds. The number of anilines is 1. The molecule has 0 bridgehead atoms. The Hall–Kier alpha value is -1.81. The van der Waals surface area contributed by atoms with E-state index >= 15 is 0 Å². The monoisotopic (exact) mass is 259 g/mol. The first-order chi connectivity index (χ1) is 9.36. The highest BCUT2D eigenvalue weighted by Gasteiger charge is 2.08. The van der Waals surface area contributed by atoms with Crippen LogP contribution in [0, 0.1) is 0 Å². The number of benzene rings is 1. The van der Waals surface area contributed by atoms with Gasteiger partial charge in [0, 0.05) is 31.6 Å². The fraction of sp³-hybridized carbons (Fsp3) is 0.400. The second kappa shape index (κ2) is 6.95. The highest BCUT2D eigenvalue weighted by molar-refractivity contribution is 5.47. The maximum absolute atomic E-state index is 5.25. The summed E-state index contributed by atoms with van der Waals surface area (Å²) in [6.07, 6.45) is 6.11. The number of methoxy groups -OCH3 is 1. The normalized spacial score (nSPS) is 10.6. The zero-order chi connectivity index (χ0) is 13.5. The number of unbranched alkanes of at least 4 members (excludes halogenated alkanes) is 1. The molecule has 0 radical (unpaired) electrons. The predicted octanol–water partition coefficient (Wildman–Crippen LogP) is 3.23. The summed E-state index contributed by atoms with van der Waals surface area (Å²) in [5.41, 5.74) is 2.27. The summed E-state index contributed by atoms with van der Waals surface area (Å²) in [5, 5.41) is 3.37. The SMILES string of the molecule is CCCCNc1nccn1-c1ccccc1COC. The van der Waals surface area contributed by atoms with Gasteiger partial charge in [-0.1, -0.05) is 31.5 Å². The standard InChI is InChI=1S/C15H21N3O/c1-3-4-9-16-15-17-10-11-18(15)14-8-6-5-7-13(14)12-19-2/h5-8,10-11H,3-4,9,12H2,1-2H3,(H,16,17). The maximum atomic E-state index is 5.25. The van der Waals surface area contributed by atoms with E-state index < -0.39 is 0 Å². The van der Waals surface area contributed by atoms with Crippen molar-refractivity contribution >= 4 is 5.95 Å². The van der Waals surface area contributed by atoms with Crippen molar-refractivity contribution in [3.8, 4) is 5.69 Å². The third-order valence-electron chi connectivity index (χ3n) is 3.01. The first-order valence-corrected chi connectivity index (χ1v) is 6.71. The van der Waals surface area contributed by atoms with Gasteiger partial charge in [-0.2, -0.15) is 0 Å². The summed E-state index contributed by atoms with van der Waals surface area (Å²) in [4.78, 5) is 4.38. The molecule has 0 saturated heterocycles. The largest absolute Gasteiger partial charge is 0.380 e. The van der Waals surface area contributed by atoms with Crippen LogP contribution >= 0.6 is 0 Å². The Bertz CT molecular complexity index is 508. The highest BCUT2D eigenvalue weighted by Crippen LogP contribution is 2.19. The molecule has 2 aromatic rings. The molecule has 1 aromatic heterocycles. The molecule has 0 aliphatic heterocycles. The molecule has 19 heavy (non-hydrogen) atoms. The fourth-order valence-corrected chi connectivity index (χ4v) is 2.03. The number of ether oxygens (including phenoxy) is 1. The van der Waals surface area contributed by atoms with Crippen molar-refractivity contribution in [2.45, 2.75) is 26.4 Å². The van der Waals surface area contributed by atoms with E-state index in [1.165, 1.54) is 6.42 Å². The average Bonchev–Trinajstić information content (AvgIpc) is 2.88. The molecular formula is C15H21N3O. The first-order valence-electron chi connectivity index (χ1n) is 6.71. The topological polar surface area (TPSA) is 39.1 Å². The molecule has 4 heteroatoms. The van der Waals surface area contributed by atoms with Crippen LogP contribution in [0.3, 0.4) is 0 Å². The van der Waals surface area contributed by atoms with Crippen LogP contribution in [0.25, 0.3) is 5.69 Å². The summed E-state index contributed by atoms with van der Waals surface area (Å²) < 4.78 is 7.32. The van der Waals surface area contributed by atoms with Crippen LogP contribution < -0.4 is 5.32 Å². The van der Waals surface area contributed by atoms with Crippen molar-refractivity contribution in [2.24, 2.45) is 0 Å². The number of aromatic nitrogens is 2. The van der Waals surface area contributed by atoms with Crippen LogP contribution in [0.5, 0.6) is 0 Å². The van der Waals surface area contributed by atoms with Crippen molar-refractivity contribution in [2.75, 3.05) is 19.0 Å². The molecule has 0 atom stereocenters. The van der Waals surface area contributed by atoms with E-state index in [0.29, 0.717) is 6.61 Å². The number of hydrogen-bond donors (Lipinski definition) is 1. The molecule has 0 unspecified atom stereocenters. The van der Waals surface area contributed by atoms with Gasteiger partial charge in [0.15, 0.2) is 0 Å². The fourth-order valence-electron chi connectivity index (χ4n) is 2.03. The number of para-hydroxylation sites is 1. The minimum atomic E-state index is 0.600. The van der Waals surface area contributed by atoms with Gasteiger partial charge in [-0.25, -0.2) is 4.98 Å². The smallest absolute Gasteiger partial charge is 0.207 e. The quantitative estimate of drug-likeness (QED) is 0.776. The zero-order valence-electron chi connectivity index (χ0n) is 11.6. The highest BCUT2D eigenvalue weighted by atomic mass is 16.5. The third-order valence-corrected chi connectivity index (χ3v) is 3.01. The van der Waals surface area contributed by atoms with Gasteiger partial charge in [0.2, 0.25) is 5.95 Å². The molecule has 1 aromatic carbocycles. The second-order valence-corrected chi connectivity index (χ2v) is 4.46. The Labute approximate surface area is 114 Å². The van der Waals surface area contributed by atoms with Crippen LogP contribution in [-0.2, 0) is 11.3 Å². The van der Waals surface area contributed by atoms with Gasteiger partial charge in [0.25, 0.3) is 0 Å². The van der Waals surface area contributed by atoms with E-state index in [0.717, 1.165) is 30.2 Å². The van der Waals surface area contributed by atoms with E-state index in [1.807, 2.05) is 24.5 Å². The molecule has 1 N–H and O–H groups in total. The Morgan fingerprint density at radius 2 is 2.16 bits per heavy atom. The molecule has 1 heterocycles. The summed E-state index contributed by atoms with van der Waals surface area (Å²) in [6.45, 7) is 3.73. The van der Waals surface area contributed by atoms with Crippen LogP contribution in [0.2, 0.25) is 0 Å². The lowest BCUT2D eigenvalue weighted by atomic mass is 10.2. The van der Waals surface area contributed by atoms with Gasteiger partial charge in [-0.3, -0.25) is 4.57 Å². The third kappa shape index (κ3) is 3.35. The van der Waals surface area contributed by atoms with E-state index in [4.69, 9.17) is 4.74 Å². The van der Waals surface area contributed by atoms with E-state index in [2.05, 4.69) is 33.9 Å². The molecule has 0 fully saturated rings. The molecule has 0 spiro atoms. The minimum Gasteiger partial charge on any atom is -0.380 e. The van der Waals surface area contributed by atoms with E-state index in [-0.39, 0.29) is 0 Å². The van der Waals surface area contributed by atoms with E-state index in [1.54, 1.807) is 7.11 Å². The van der Waals surface area contributed by atoms with Crippen molar-refractivity contribution in [1.29, 1.82) is 0 Å². The van der Waals surface area contributed by atoms with Crippen molar-refractivity contribution < 1.29 is 4.74 Å². The van der Waals surface area contributed by atoms with Crippen LogP contribution in [0.15, 0.2) is 36.7 Å². The summed E-state index contributed by atoms with van der Waals surface area (Å²) in [7, 11) is 1.71. The minimum absolute atomic E-state index is 0.600. The lowest BCUT2D eigenvalue weighted by molar-refractivity contribution is 0.185. The number of rotatable bonds is 7. The Balaban J connectivity index is 2.24. The maximum Gasteiger partial charge on any atom is 0.207 e. The Morgan fingerprint density at radius 1 is 1.32 bits per heavy atom. The van der Waals surface area contributed by atoms with Gasteiger partial charge in [0.05, 0.1) is 12.3 Å². The number of nitrogens with zero attached hydrogens (tertiary/aromatic N) is 2. The molecule has 0 aliphatic rings. The molecule has 102 valence electrons. The zero-order valence-corrected chi connectivity index (χ0v) is 11.6. The van der Waals surface area contributed by atoms with Gasteiger partial charge in [0.1, 0.15) is 0 Å². The Kier molecular flexibility index (Phi) is 4.98. The van der Waals surface area contributed by atoms with Crippen molar-refractivity contribution in [1.82, 2.24) is 9.55 Å². The number of nitrogens with one attached hydrogen (secondary N) is 1. The Morgan fingerprint density at radius 3 is 2.95 bits per heavy atom. The van der Waals surface area contributed by atoms with Crippen LogP contribution in [-0.4, -0.2) is 23.2 Å². The molecule has 0 aliphatic carbocycles. The summed E-state index contributed by atoms with van der Waals surface area (Å²) >= 11 is 0. The van der Waals surface area contributed by atoms with Gasteiger partial charge in [-0.05, 0) is 12.5 Å². The molecular weight excluding hydrogens is 238 g/mol.